The molecule has 34 heavy (non-hydrogen) atoms. The van der Waals surface area contributed by atoms with E-state index in [9.17, 15) is 17.8 Å². The number of ether oxygens (including phenoxy) is 2. The standard InChI is InChI=1S/C23H30F2N4O4S/c1-23(2,3)33-22(30)26-19-9-16(13-32-21(19)17-8-15(24)6-7-18(17)25)28-10-14-11-29(34(4,5)31)27-20(14)12-28/h6-8,11,16,19,21H,4,9-10,12-13H2,1-3,5H3,(H,26,30)/t16-,19+,21-,34?/m1/s1. The Morgan fingerprint density at radius 3 is 2.71 bits per heavy atom. The molecule has 4 atom stereocenters. The van der Waals surface area contributed by atoms with Crippen molar-refractivity contribution in [3.63, 3.8) is 0 Å². The molecule has 1 unspecified atom stereocenters. The molecule has 0 radical (unpaired) electrons. The van der Waals surface area contributed by atoms with Crippen molar-refractivity contribution in [2.75, 3.05) is 12.9 Å². The fourth-order valence-electron chi connectivity index (χ4n) is 4.31. The van der Waals surface area contributed by atoms with E-state index in [1.807, 2.05) is 0 Å². The molecule has 0 bridgehead atoms. The SMILES string of the molecule is C=S(C)(=O)n1cc2c(n1)CN([C@H]1CO[C@H](c3cc(F)ccc3F)[C@@H](NC(=O)OC(C)(C)C)C1)C2. The van der Waals surface area contributed by atoms with E-state index in [0.29, 0.717) is 19.5 Å². The first-order chi connectivity index (χ1) is 15.8. The van der Waals surface area contributed by atoms with Gasteiger partial charge in [0.1, 0.15) is 23.3 Å². The van der Waals surface area contributed by atoms with Gasteiger partial charge < -0.3 is 14.8 Å². The van der Waals surface area contributed by atoms with Crippen molar-refractivity contribution in [1.82, 2.24) is 19.4 Å². The maximum Gasteiger partial charge on any atom is 0.407 e. The van der Waals surface area contributed by atoms with Crippen LogP contribution in [0, 0.1) is 11.6 Å². The van der Waals surface area contributed by atoms with Gasteiger partial charge >= 0.3 is 6.09 Å². The second-order valence-corrected chi connectivity index (χ2v) is 12.2. The van der Waals surface area contributed by atoms with Crippen LogP contribution in [0.25, 0.3) is 0 Å². The Hall–Kier alpha value is -2.50. The lowest BCUT2D eigenvalue weighted by Gasteiger charge is -2.40. The molecule has 4 rings (SSSR count). The number of nitrogens with one attached hydrogen (secondary N) is 1. The molecule has 186 valence electrons. The van der Waals surface area contributed by atoms with Gasteiger partial charge in [-0.05, 0) is 51.3 Å². The van der Waals surface area contributed by atoms with Gasteiger partial charge in [-0.15, -0.1) is 0 Å². The summed E-state index contributed by atoms with van der Waals surface area (Å²) in [7, 11) is -2.47. The lowest BCUT2D eigenvalue weighted by atomic mass is 9.92. The number of aromatic nitrogens is 2. The van der Waals surface area contributed by atoms with Gasteiger partial charge in [0.05, 0.1) is 28.1 Å². The molecule has 1 fully saturated rings. The second-order valence-electron chi connectivity index (χ2n) is 9.93. The highest BCUT2D eigenvalue weighted by atomic mass is 32.2. The maximum absolute atomic E-state index is 14.6. The zero-order valence-electron chi connectivity index (χ0n) is 19.7. The minimum absolute atomic E-state index is 0.0497. The smallest absolute Gasteiger partial charge is 0.407 e. The van der Waals surface area contributed by atoms with Crippen molar-refractivity contribution in [2.24, 2.45) is 0 Å². The summed E-state index contributed by atoms with van der Waals surface area (Å²) in [4.78, 5) is 14.7. The van der Waals surface area contributed by atoms with Crippen molar-refractivity contribution in [2.45, 2.75) is 64.1 Å². The number of benzene rings is 1. The van der Waals surface area contributed by atoms with Gasteiger partial charge in [0.25, 0.3) is 0 Å². The molecule has 11 heteroatoms. The number of rotatable bonds is 4. The molecular weight excluding hydrogens is 466 g/mol. The molecular formula is C23H30F2N4O4S. The van der Waals surface area contributed by atoms with Gasteiger partial charge in [-0.2, -0.15) is 9.19 Å². The topological polar surface area (TPSA) is 85.7 Å². The number of nitrogens with zero attached hydrogens (tertiary/aromatic N) is 3. The largest absolute Gasteiger partial charge is 0.444 e. The van der Waals surface area contributed by atoms with Crippen molar-refractivity contribution in [3.05, 3.63) is 52.9 Å². The first kappa shape index (κ1) is 24.6. The second kappa shape index (κ2) is 8.94. The number of halogens is 2. The Morgan fingerprint density at radius 1 is 1.32 bits per heavy atom. The van der Waals surface area contributed by atoms with E-state index in [-0.39, 0.29) is 18.2 Å². The predicted molar refractivity (Wildman–Crippen MR) is 125 cm³/mol. The Kier molecular flexibility index (Phi) is 6.47. The summed E-state index contributed by atoms with van der Waals surface area (Å²) in [6.07, 6.45) is 2.18. The van der Waals surface area contributed by atoms with Crippen molar-refractivity contribution >= 4 is 21.7 Å². The Bertz CT molecular complexity index is 1170. The van der Waals surface area contributed by atoms with Crippen LogP contribution in [0.2, 0.25) is 0 Å². The van der Waals surface area contributed by atoms with Crippen molar-refractivity contribution in [1.29, 1.82) is 0 Å². The molecule has 2 aliphatic rings. The fourth-order valence-corrected chi connectivity index (χ4v) is 4.93. The first-order valence-electron chi connectivity index (χ1n) is 11.0. The third kappa shape index (κ3) is 5.42. The van der Waals surface area contributed by atoms with E-state index in [2.05, 4.69) is 21.2 Å². The average Bonchev–Trinajstić information content (AvgIpc) is 3.28. The number of carbonyl (C=O) groups excluding carboxylic acids is 1. The van der Waals surface area contributed by atoms with Crippen LogP contribution in [0.5, 0.6) is 0 Å². The third-order valence-corrected chi connectivity index (χ3v) is 6.80. The Balaban J connectivity index is 1.53. The molecule has 1 aromatic carbocycles. The third-order valence-electron chi connectivity index (χ3n) is 5.82. The number of hydrogen-bond acceptors (Lipinski definition) is 6. The molecule has 1 saturated heterocycles. The molecule has 0 aliphatic carbocycles. The van der Waals surface area contributed by atoms with Crippen molar-refractivity contribution in [3.8, 4) is 0 Å². The summed E-state index contributed by atoms with van der Waals surface area (Å²) in [5.41, 5.74) is 1.10. The zero-order valence-corrected chi connectivity index (χ0v) is 20.5. The molecule has 2 aliphatic heterocycles. The van der Waals surface area contributed by atoms with Gasteiger partial charge in [-0.3, -0.25) is 4.90 Å². The first-order valence-corrected chi connectivity index (χ1v) is 13.1. The predicted octanol–water partition coefficient (Wildman–Crippen LogP) is 3.01. The lowest BCUT2D eigenvalue weighted by molar-refractivity contribution is -0.0629. The quantitative estimate of drug-likeness (QED) is 0.655. The molecule has 1 N–H and O–H groups in total. The fraction of sp³-hybridized carbons (Fsp3) is 0.522. The summed E-state index contributed by atoms with van der Waals surface area (Å²) in [5.74, 6) is 2.47. The van der Waals surface area contributed by atoms with Gasteiger partial charge in [0.2, 0.25) is 0 Å². The maximum atomic E-state index is 14.6. The molecule has 0 saturated carbocycles. The molecule has 2 aromatic rings. The van der Waals surface area contributed by atoms with Crippen LogP contribution in [-0.2, 0) is 32.3 Å². The van der Waals surface area contributed by atoms with Crippen LogP contribution in [0.3, 0.4) is 0 Å². The van der Waals surface area contributed by atoms with Crippen LogP contribution >= 0.6 is 0 Å². The summed E-state index contributed by atoms with van der Waals surface area (Å²) >= 11 is 0. The molecule has 0 spiro atoms. The highest BCUT2D eigenvalue weighted by Gasteiger charge is 2.40. The van der Waals surface area contributed by atoms with E-state index in [0.717, 1.165) is 29.5 Å². The molecule has 3 heterocycles. The van der Waals surface area contributed by atoms with Gasteiger partial charge in [0.15, 0.2) is 0 Å². The summed E-state index contributed by atoms with van der Waals surface area (Å²) in [6, 6.07) is 2.44. The van der Waals surface area contributed by atoms with Crippen LogP contribution in [0.4, 0.5) is 13.6 Å². The number of fused-ring (bicyclic) bond motifs is 1. The van der Waals surface area contributed by atoms with Crippen LogP contribution in [0.15, 0.2) is 24.4 Å². The summed E-state index contributed by atoms with van der Waals surface area (Å²) < 4.78 is 53.5. The number of alkyl carbamates (subject to hydrolysis) is 1. The Morgan fingerprint density at radius 2 is 2.06 bits per heavy atom. The highest BCUT2D eigenvalue weighted by Crippen LogP contribution is 2.35. The van der Waals surface area contributed by atoms with Crippen LogP contribution in [-0.4, -0.2) is 60.8 Å². The van der Waals surface area contributed by atoms with Crippen molar-refractivity contribution < 1.29 is 27.3 Å². The molecule has 1 aromatic heterocycles. The number of amides is 1. The normalized spacial score (nSPS) is 24.9. The van der Waals surface area contributed by atoms with E-state index in [1.54, 1.807) is 27.0 Å². The van der Waals surface area contributed by atoms with Gasteiger partial charge in [-0.1, -0.05) is 0 Å². The average molecular weight is 497 g/mol. The van der Waals surface area contributed by atoms with E-state index >= 15 is 0 Å². The molecule has 8 nitrogen and oxygen atoms in total. The van der Waals surface area contributed by atoms with E-state index in [4.69, 9.17) is 9.47 Å². The van der Waals surface area contributed by atoms with Crippen LogP contribution in [0.1, 0.15) is 50.1 Å². The summed E-state index contributed by atoms with van der Waals surface area (Å²) in [5, 5.41) is 7.21. The minimum Gasteiger partial charge on any atom is -0.444 e. The summed E-state index contributed by atoms with van der Waals surface area (Å²) in [6.45, 7) is 6.59. The Labute approximate surface area is 198 Å². The number of carbonyl (C=O) groups is 1. The zero-order chi connectivity index (χ0) is 24.8. The monoisotopic (exact) mass is 496 g/mol. The number of hydrogen-bond donors (Lipinski definition) is 1. The minimum atomic E-state index is -2.47. The van der Waals surface area contributed by atoms with Gasteiger partial charge in [-0.25, -0.2) is 17.8 Å². The van der Waals surface area contributed by atoms with Gasteiger partial charge in [0, 0.05) is 42.7 Å². The van der Waals surface area contributed by atoms with E-state index < -0.39 is 45.2 Å². The molecule has 1 amide bonds. The van der Waals surface area contributed by atoms with Crippen LogP contribution < -0.4 is 5.32 Å². The lowest BCUT2D eigenvalue weighted by Crippen LogP contribution is -2.52. The van der Waals surface area contributed by atoms with E-state index in [1.165, 1.54) is 10.3 Å². The highest BCUT2D eigenvalue weighted by molar-refractivity contribution is 7.98.